The van der Waals surface area contributed by atoms with Gasteiger partial charge in [0.2, 0.25) is 17.6 Å². The van der Waals surface area contributed by atoms with Crippen molar-refractivity contribution in [1.82, 2.24) is 4.90 Å². The number of fused-ring (bicyclic) bond motifs is 1. The van der Waals surface area contributed by atoms with Gasteiger partial charge in [-0.2, -0.15) is 0 Å². The molecular formula is C25H23NO8. The van der Waals surface area contributed by atoms with Crippen LogP contribution < -0.4 is 4.74 Å². The number of ketones is 1. The average Bonchev–Trinajstić information content (AvgIpc) is 3.45. The summed E-state index contributed by atoms with van der Waals surface area (Å²) in [5, 5.41) is 0. The van der Waals surface area contributed by atoms with Crippen LogP contribution >= 0.6 is 0 Å². The van der Waals surface area contributed by atoms with Gasteiger partial charge in [0, 0.05) is 5.56 Å². The Labute approximate surface area is 195 Å². The first kappa shape index (κ1) is 23.2. The van der Waals surface area contributed by atoms with Crippen LogP contribution in [-0.4, -0.2) is 47.1 Å². The second-order valence-electron chi connectivity index (χ2n) is 8.35. The quantitative estimate of drug-likeness (QED) is 0.201. The lowest BCUT2D eigenvalue weighted by Gasteiger charge is -2.21. The zero-order valence-electron chi connectivity index (χ0n) is 18.7. The zero-order chi connectivity index (χ0) is 24.4. The number of likely N-dealkylation sites (tertiary alicyclic amines) is 1. The Balaban J connectivity index is 1.31. The Bertz CT molecular complexity index is 1160. The Morgan fingerprint density at radius 2 is 1.79 bits per heavy atom. The maximum Gasteiger partial charge on any atom is 0.379 e. The Morgan fingerprint density at radius 3 is 2.47 bits per heavy atom. The van der Waals surface area contributed by atoms with Crippen LogP contribution in [-0.2, 0) is 19.1 Å². The molecule has 0 bridgehead atoms. The van der Waals surface area contributed by atoms with Gasteiger partial charge in [-0.3, -0.25) is 19.3 Å². The van der Waals surface area contributed by atoms with E-state index >= 15 is 0 Å². The van der Waals surface area contributed by atoms with Crippen LogP contribution in [0.2, 0.25) is 0 Å². The largest absolute Gasteiger partial charge is 0.457 e. The van der Waals surface area contributed by atoms with Crippen molar-refractivity contribution in [2.75, 3.05) is 6.61 Å². The molecule has 0 saturated carbocycles. The van der Waals surface area contributed by atoms with Gasteiger partial charge in [-0.1, -0.05) is 11.6 Å². The molecule has 2 aromatic rings. The lowest BCUT2D eigenvalue weighted by Crippen LogP contribution is -2.44. The van der Waals surface area contributed by atoms with Gasteiger partial charge in [-0.25, -0.2) is 9.59 Å². The maximum absolute atomic E-state index is 12.7. The minimum absolute atomic E-state index is 0.0433. The highest BCUT2D eigenvalue weighted by Gasteiger charge is 2.51. The van der Waals surface area contributed by atoms with Gasteiger partial charge in [0.15, 0.2) is 12.4 Å². The highest BCUT2D eigenvalue weighted by atomic mass is 16.5. The van der Waals surface area contributed by atoms with Crippen molar-refractivity contribution in [2.24, 2.45) is 11.8 Å². The van der Waals surface area contributed by atoms with Crippen LogP contribution in [0.1, 0.15) is 47.6 Å². The molecule has 34 heavy (non-hydrogen) atoms. The fourth-order valence-corrected chi connectivity index (χ4v) is 4.15. The molecule has 1 saturated heterocycles. The third-order valence-electron chi connectivity index (χ3n) is 6.04. The second-order valence-corrected chi connectivity index (χ2v) is 8.35. The summed E-state index contributed by atoms with van der Waals surface area (Å²) in [6.45, 7) is 2.77. The number of rotatable bonds is 7. The van der Waals surface area contributed by atoms with E-state index in [0.29, 0.717) is 12.8 Å². The molecule has 9 heteroatoms. The number of carbonyl (C=O) groups excluding carboxylic acids is 5. The van der Waals surface area contributed by atoms with E-state index < -0.39 is 42.2 Å². The summed E-state index contributed by atoms with van der Waals surface area (Å²) in [5.41, 5.74) is 1.28. The standard InChI is InChI=1S/C25H23NO8/c1-14-5-10-18-19(12-14)23(29)26(22(18)28)15(2)24(30)33-13-20(27)16-6-8-17(9-7-16)34-25(31)21-4-3-11-32-21/h3-9,11,15,18-19H,10,12-13H2,1-2H3. The van der Waals surface area contributed by atoms with Gasteiger partial charge < -0.3 is 13.9 Å². The summed E-state index contributed by atoms with van der Waals surface area (Å²) < 4.78 is 15.2. The van der Waals surface area contributed by atoms with E-state index in [0.717, 1.165) is 10.5 Å². The van der Waals surface area contributed by atoms with E-state index in [1.807, 2.05) is 13.0 Å². The molecule has 0 spiro atoms. The predicted octanol–water partition coefficient (Wildman–Crippen LogP) is 2.95. The molecule has 2 aliphatic rings. The number of allylic oxidation sites excluding steroid dienone is 2. The Morgan fingerprint density at radius 1 is 1.09 bits per heavy atom. The van der Waals surface area contributed by atoms with E-state index in [9.17, 15) is 24.0 Å². The van der Waals surface area contributed by atoms with Crippen LogP contribution in [0.3, 0.4) is 0 Å². The van der Waals surface area contributed by atoms with Crippen LogP contribution in [0.15, 0.2) is 58.7 Å². The number of hydrogen-bond donors (Lipinski definition) is 0. The molecule has 0 N–H and O–H groups in total. The molecule has 1 aliphatic carbocycles. The Hall–Kier alpha value is -4.01. The minimum Gasteiger partial charge on any atom is -0.457 e. The van der Waals surface area contributed by atoms with Crippen molar-refractivity contribution in [2.45, 2.75) is 32.7 Å². The third kappa shape index (κ3) is 4.54. The van der Waals surface area contributed by atoms with E-state index in [2.05, 4.69) is 0 Å². The molecule has 2 heterocycles. The number of carbonyl (C=O) groups is 5. The summed E-state index contributed by atoms with van der Waals surface area (Å²) >= 11 is 0. The first-order valence-corrected chi connectivity index (χ1v) is 10.8. The van der Waals surface area contributed by atoms with Crippen molar-refractivity contribution in [3.8, 4) is 5.75 Å². The highest BCUT2D eigenvalue weighted by Crippen LogP contribution is 2.38. The summed E-state index contributed by atoms with van der Waals surface area (Å²) in [4.78, 5) is 63.3. The van der Waals surface area contributed by atoms with Crippen LogP contribution in [0, 0.1) is 11.8 Å². The van der Waals surface area contributed by atoms with Gasteiger partial charge >= 0.3 is 11.9 Å². The highest BCUT2D eigenvalue weighted by molar-refractivity contribution is 6.08. The van der Waals surface area contributed by atoms with Crippen molar-refractivity contribution in [3.05, 3.63) is 65.6 Å². The first-order chi connectivity index (χ1) is 16.3. The Kier molecular flexibility index (Phi) is 6.45. The molecule has 1 aromatic carbocycles. The number of imide groups is 1. The summed E-state index contributed by atoms with van der Waals surface area (Å²) in [6.07, 6.45) is 4.27. The van der Waals surface area contributed by atoms with Gasteiger partial charge in [0.05, 0.1) is 18.1 Å². The van der Waals surface area contributed by atoms with Gasteiger partial charge in [0.25, 0.3) is 0 Å². The topological polar surface area (TPSA) is 120 Å². The SMILES string of the molecule is CC1=CCC2C(=O)N(C(C)C(=O)OCC(=O)c3ccc(OC(=O)c4ccco4)cc3)C(=O)C2C1. The molecule has 1 aromatic heterocycles. The smallest absolute Gasteiger partial charge is 0.379 e. The molecule has 4 rings (SSSR count). The molecule has 9 nitrogen and oxygen atoms in total. The van der Waals surface area contributed by atoms with Gasteiger partial charge in [0.1, 0.15) is 11.8 Å². The van der Waals surface area contributed by atoms with Crippen LogP contribution in [0.25, 0.3) is 0 Å². The zero-order valence-corrected chi connectivity index (χ0v) is 18.7. The number of hydrogen-bond acceptors (Lipinski definition) is 8. The van der Waals surface area contributed by atoms with Crippen LogP contribution in [0.5, 0.6) is 5.75 Å². The van der Waals surface area contributed by atoms with E-state index in [-0.39, 0.29) is 28.9 Å². The lowest BCUT2D eigenvalue weighted by molar-refractivity contribution is -0.157. The average molecular weight is 465 g/mol. The molecule has 176 valence electrons. The fraction of sp³-hybridized carbons (Fsp3) is 0.320. The van der Waals surface area contributed by atoms with E-state index in [1.165, 1.54) is 43.5 Å². The second kappa shape index (κ2) is 9.46. The van der Waals surface area contributed by atoms with Gasteiger partial charge in [-0.15, -0.1) is 0 Å². The monoisotopic (exact) mass is 465 g/mol. The predicted molar refractivity (Wildman–Crippen MR) is 117 cm³/mol. The van der Waals surface area contributed by atoms with Crippen LogP contribution in [0.4, 0.5) is 0 Å². The number of furan rings is 1. The number of nitrogens with zero attached hydrogens (tertiary/aromatic N) is 1. The molecule has 3 atom stereocenters. The number of Topliss-reactive ketones (excluding diaryl/α,β-unsaturated/α-hetero) is 1. The summed E-state index contributed by atoms with van der Waals surface area (Å²) in [7, 11) is 0. The first-order valence-electron chi connectivity index (χ1n) is 10.8. The third-order valence-corrected chi connectivity index (χ3v) is 6.04. The molecule has 1 fully saturated rings. The molecular weight excluding hydrogens is 442 g/mol. The fourth-order valence-electron chi connectivity index (χ4n) is 4.15. The van der Waals surface area contributed by atoms with Crippen molar-refractivity contribution >= 4 is 29.5 Å². The van der Waals surface area contributed by atoms with E-state index in [1.54, 1.807) is 6.07 Å². The maximum atomic E-state index is 12.7. The van der Waals surface area contributed by atoms with Crippen molar-refractivity contribution in [1.29, 1.82) is 0 Å². The summed E-state index contributed by atoms with van der Waals surface area (Å²) in [6, 6.07) is 7.61. The van der Waals surface area contributed by atoms with Crippen molar-refractivity contribution < 1.29 is 37.9 Å². The van der Waals surface area contributed by atoms with E-state index in [4.69, 9.17) is 13.9 Å². The van der Waals surface area contributed by atoms with Gasteiger partial charge in [-0.05, 0) is 63.1 Å². The lowest BCUT2D eigenvalue weighted by atomic mass is 9.82. The minimum atomic E-state index is -1.12. The summed E-state index contributed by atoms with van der Waals surface area (Å²) in [5.74, 6) is -3.40. The number of benzene rings is 1. The van der Waals surface area contributed by atoms with Crippen molar-refractivity contribution in [3.63, 3.8) is 0 Å². The molecule has 1 aliphatic heterocycles. The normalized spacial score (nSPS) is 20.4. The molecule has 3 unspecified atom stereocenters. The molecule has 2 amide bonds. The number of amides is 2. The molecule has 0 radical (unpaired) electrons. The number of ether oxygens (including phenoxy) is 2. The number of esters is 2.